The number of carbonyl (C=O) groups is 2. The van der Waals surface area contributed by atoms with E-state index in [0.29, 0.717) is 44.3 Å². The quantitative estimate of drug-likeness (QED) is 0.589. The number of rotatable bonds is 11. The Hall–Kier alpha value is -2.64. The summed E-state index contributed by atoms with van der Waals surface area (Å²) in [5.41, 5.74) is 2.42. The van der Waals surface area contributed by atoms with Crippen LogP contribution in [0.15, 0.2) is 41.0 Å². The van der Waals surface area contributed by atoms with E-state index in [0.717, 1.165) is 11.1 Å². The van der Waals surface area contributed by atoms with Gasteiger partial charge in [0, 0.05) is 13.2 Å². The SMILES string of the molecule is CCOCCOCc1cccc(CNC(=O)CNC(=O)c2ccoc2C)c1. The molecule has 0 aliphatic rings. The van der Waals surface area contributed by atoms with Gasteiger partial charge in [-0.15, -0.1) is 0 Å². The van der Waals surface area contributed by atoms with Crippen molar-refractivity contribution in [1.82, 2.24) is 10.6 Å². The average molecular weight is 374 g/mol. The molecule has 1 heterocycles. The van der Waals surface area contributed by atoms with Crippen LogP contribution < -0.4 is 10.6 Å². The number of carbonyl (C=O) groups excluding carboxylic acids is 2. The lowest BCUT2D eigenvalue weighted by molar-refractivity contribution is -0.120. The molecule has 7 nitrogen and oxygen atoms in total. The lowest BCUT2D eigenvalue weighted by Crippen LogP contribution is -2.36. The van der Waals surface area contributed by atoms with Crippen molar-refractivity contribution in [2.24, 2.45) is 0 Å². The summed E-state index contributed by atoms with van der Waals surface area (Å²) >= 11 is 0. The lowest BCUT2D eigenvalue weighted by atomic mass is 10.1. The minimum absolute atomic E-state index is 0.0936. The smallest absolute Gasteiger partial charge is 0.255 e. The molecular weight excluding hydrogens is 348 g/mol. The van der Waals surface area contributed by atoms with Crippen LogP contribution in [0.3, 0.4) is 0 Å². The molecule has 2 rings (SSSR count). The molecular formula is C20H26N2O5. The first-order chi connectivity index (χ1) is 13.1. The molecule has 1 aromatic heterocycles. The van der Waals surface area contributed by atoms with Gasteiger partial charge in [0.15, 0.2) is 0 Å². The van der Waals surface area contributed by atoms with Crippen molar-refractivity contribution in [2.45, 2.75) is 27.0 Å². The van der Waals surface area contributed by atoms with Crippen LogP contribution in [0, 0.1) is 6.92 Å². The van der Waals surface area contributed by atoms with E-state index in [1.165, 1.54) is 6.26 Å². The Morgan fingerprint density at radius 2 is 1.85 bits per heavy atom. The zero-order chi connectivity index (χ0) is 19.5. The summed E-state index contributed by atoms with van der Waals surface area (Å²) in [5, 5.41) is 5.36. The number of hydrogen-bond donors (Lipinski definition) is 2. The molecule has 0 saturated carbocycles. The third-order valence-corrected chi connectivity index (χ3v) is 3.84. The van der Waals surface area contributed by atoms with Crippen LogP contribution in [0.25, 0.3) is 0 Å². The molecule has 0 bridgehead atoms. The maximum absolute atomic E-state index is 11.9. The molecule has 7 heteroatoms. The van der Waals surface area contributed by atoms with Crippen molar-refractivity contribution in [3.63, 3.8) is 0 Å². The molecule has 0 aliphatic carbocycles. The van der Waals surface area contributed by atoms with E-state index in [4.69, 9.17) is 13.9 Å². The third kappa shape index (κ3) is 7.24. The summed E-state index contributed by atoms with van der Waals surface area (Å²) in [4.78, 5) is 23.9. The van der Waals surface area contributed by atoms with Gasteiger partial charge in [0.1, 0.15) is 5.76 Å². The zero-order valence-corrected chi connectivity index (χ0v) is 15.7. The van der Waals surface area contributed by atoms with Gasteiger partial charge >= 0.3 is 0 Å². The van der Waals surface area contributed by atoms with Crippen molar-refractivity contribution < 1.29 is 23.5 Å². The lowest BCUT2D eigenvalue weighted by Gasteiger charge is -2.09. The van der Waals surface area contributed by atoms with Crippen LogP contribution in [-0.4, -0.2) is 38.2 Å². The molecule has 2 N–H and O–H groups in total. The normalized spacial score (nSPS) is 10.6. The molecule has 146 valence electrons. The van der Waals surface area contributed by atoms with E-state index in [1.807, 2.05) is 31.2 Å². The van der Waals surface area contributed by atoms with Crippen LogP contribution in [0.5, 0.6) is 0 Å². The minimum atomic E-state index is -0.331. The van der Waals surface area contributed by atoms with Gasteiger partial charge in [-0.25, -0.2) is 0 Å². The molecule has 2 amide bonds. The van der Waals surface area contributed by atoms with E-state index in [1.54, 1.807) is 13.0 Å². The summed E-state index contributed by atoms with van der Waals surface area (Å²) < 4.78 is 15.8. The molecule has 2 aromatic rings. The molecule has 0 aliphatic heterocycles. The fourth-order valence-electron chi connectivity index (χ4n) is 2.42. The molecule has 0 unspecified atom stereocenters. The van der Waals surface area contributed by atoms with E-state index in [2.05, 4.69) is 10.6 Å². The second-order valence-corrected chi connectivity index (χ2v) is 5.92. The number of ether oxygens (including phenoxy) is 2. The van der Waals surface area contributed by atoms with Crippen molar-refractivity contribution in [3.05, 3.63) is 59.0 Å². The van der Waals surface area contributed by atoms with E-state index >= 15 is 0 Å². The Bertz CT molecular complexity index is 741. The summed E-state index contributed by atoms with van der Waals surface area (Å²) in [6, 6.07) is 9.38. The summed E-state index contributed by atoms with van der Waals surface area (Å²) in [5.74, 6) is -0.0707. The molecule has 0 saturated heterocycles. The van der Waals surface area contributed by atoms with Crippen LogP contribution in [0.4, 0.5) is 0 Å². The first-order valence-electron chi connectivity index (χ1n) is 8.92. The first kappa shape index (κ1) is 20.7. The maximum atomic E-state index is 11.9. The Labute approximate surface area is 159 Å². The molecule has 27 heavy (non-hydrogen) atoms. The van der Waals surface area contributed by atoms with Crippen LogP contribution in [0.2, 0.25) is 0 Å². The van der Waals surface area contributed by atoms with Gasteiger partial charge in [-0.2, -0.15) is 0 Å². The number of nitrogens with one attached hydrogen (secondary N) is 2. The van der Waals surface area contributed by atoms with Gasteiger partial charge in [-0.3, -0.25) is 9.59 Å². The third-order valence-electron chi connectivity index (χ3n) is 3.84. The standard InChI is InChI=1S/C20H26N2O5/c1-3-25-9-10-26-14-17-6-4-5-16(11-17)12-21-19(23)13-22-20(24)18-7-8-27-15(18)2/h4-8,11H,3,9-10,12-14H2,1-2H3,(H,21,23)(H,22,24). The fraction of sp³-hybridized carbons (Fsp3) is 0.400. The predicted octanol–water partition coefficient (Wildman–Crippen LogP) is 2.19. The first-order valence-corrected chi connectivity index (χ1v) is 8.92. The maximum Gasteiger partial charge on any atom is 0.255 e. The summed E-state index contributed by atoms with van der Waals surface area (Å²) in [6.07, 6.45) is 1.44. The zero-order valence-electron chi connectivity index (χ0n) is 15.7. The molecule has 1 aromatic carbocycles. The summed E-state index contributed by atoms with van der Waals surface area (Å²) in [6.45, 7) is 6.23. The molecule has 0 spiro atoms. The molecule has 0 atom stereocenters. The Morgan fingerprint density at radius 3 is 2.59 bits per heavy atom. The average Bonchev–Trinajstić information content (AvgIpc) is 3.10. The number of hydrogen-bond acceptors (Lipinski definition) is 5. The minimum Gasteiger partial charge on any atom is -0.469 e. The van der Waals surface area contributed by atoms with Gasteiger partial charge in [0.25, 0.3) is 5.91 Å². The van der Waals surface area contributed by atoms with E-state index < -0.39 is 0 Å². The van der Waals surface area contributed by atoms with Crippen molar-refractivity contribution in [3.8, 4) is 0 Å². The monoisotopic (exact) mass is 374 g/mol. The number of amides is 2. The Kier molecular flexibility index (Phi) is 8.54. The van der Waals surface area contributed by atoms with Crippen LogP contribution >= 0.6 is 0 Å². The highest BCUT2D eigenvalue weighted by atomic mass is 16.5. The van der Waals surface area contributed by atoms with Crippen molar-refractivity contribution in [1.29, 1.82) is 0 Å². The molecule has 0 fully saturated rings. The van der Waals surface area contributed by atoms with E-state index in [9.17, 15) is 9.59 Å². The van der Waals surface area contributed by atoms with Gasteiger partial charge in [-0.05, 0) is 31.0 Å². The van der Waals surface area contributed by atoms with Gasteiger partial charge in [0.05, 0.1) is 38.2 Å². The summed E-state index contributed by atoms with van der Waals surface area (Å²) in [7, 11) is 0. The van der Waals surface area contributed by atoms with Crippen molar-refractivity contribution >= 4 is 11.8 Å². The van der Waals surface area contributed by atoms with E-state index in [-0.39, 0.29) is 18.4 Å². The largest absolute Gasteiger partial charge is 0.469 e. The highest BCUT2D eigenvalue weighted by Crippen LogP contribution is 2.08. The number of furan rings is 1. The second kappa shape index (κ2) is 11.2. The van der Waals surface area contributed by atoms with Gasteiger partial charge in [-0.1, -0.05) is 24.3 Å². The van der Waals surface area contributed by atoms with Crippen molar-refractivity contribution in [2.75, 3.05) is 26.4 Å². The highest BCUT2D eigenvalue weighted by Gasteiger charge is 2.12. The van der Waals surface area contributed by atoms with Gasteiger partial charge in [0.2, 0.25) is 5.91 Å². The van der Waals surface area contributed by atoms with Gasteiger partial charge < -0.3 is 24.5 Å². The molecule has 0 radical (unpaired) electrons. The second-order valence-electron chi connectivity index (χ2n) is 5.92. The number of benzene rings is 1. The predicted molar refractivity (Wildman–Crippen MR) is 100 cm³/mol. The Balaban J connectivity index is 1.70. The van der Waals surface area contributed by atoms with Crippen LogP contribution in [-0.2, 0) is 27.4 Å². The topological polar surface area (TPSA) is 89.8 Å². The van der Waals surface area contributed by atoms with Crippen LogP contribution in [0.1, 0.15) is 34.2 Å². The number of aryl methyl sites for hydroxylation is 1. The fourth-order valence-corrected chi connectivity index (χ4v) is 2.42. The Morgan fingerprint density at radius 1 is 1.07 bits per heavy atom. The highest BCUT2D eigenvalue weighted by molar-refractivity contribution is 5.97.